The van der Waals surface area contributed by atoms with E-state index in [1.165, 1.54) is 4.31 Å². The Bertz CT molecular complexity index is 535. The summed E-state index contributed by atoms with van der Waals surface area (Å²) >= 11 is 0. The Morgan fingerprint density at radius 2 is 2.25 bits per heavy atom. The molecule has 0 aromatic heterocycles. The van der Waals surface area contributed by atoms with Gasteiger partial charge in [0.1, 0.15) is 0 Å². The van der Waals surface area contributed by atoms with Crippen LogP contribution in [0.2, 0.25) is 0 Å². The first kappa shape index (κ1) is 12.9. The fraction of sp³-hybridized carbons (Fsp3) is 0.400. The summed E-state index contributed by atoms with van der Waals surface area (Å²) in [6.45, 7) is 2.66. The van der Waals surface area contributed by atoms with Crippen LogP contribution in [0, 0.1) is 5.92 Å². The fourth-order valence-electron chi connectivity index (χ4n) is 2.36. The van der Waals surface area contributed by atoms with Gasteiger partial charge in [-0.05, 0) is 24.0 Å². The van der Waals surface area contributed by atoms with Gasteiger partial charge in [-0.25, -0.2) is 0 Å². The molecule has 3 rings (SSSR count). The smallest absolute Gasteiger partial charge is 1.00 e. The Hall–Kier alpha value is 0.406. The first-order chi connectivity index (χ1) is 7.08. The van der Waals surface area contributed by atoms with E-state index < -0.39 is 10.2 Å². The number of nitrogens with one attached hydrogen (secondary N) is 1. The first-order valence-electron chi connectivity index (χ1n) is 5.00. The molecule has 0 radical (unpaired) electrons. The van der Waals surface area contributed by atoms with E-state index in [1.807, 2.05) is 18.2 Å². The molecule has 0 fully saturated rings. The van der Waals surface area contributed by atoms with E-state index in [9.17, 15) is 8.42 Å². The van der Waals surface area contributed by atoms with Crippen molar-refractivity contribution in [3.8, 4) is 0 Å². The molecule has 1 unspecified atom stereocenters. The minimum Gasteiger partial charge on any atom is -1.00 e. The van der Waals surface area contributed by atoms with E-state index in [4.69, 9.17) is 0 Å². The predicted molar refractivity (Wildman–Crippen MR) is 60.3 cm³/mol. The normalized spacial score (nSPS) is 24.3. The molecule has 0 aliphatic carbocycles. The largest absolute Gasteiger partial charge is 1.00 e. The third-order valence-corrected chi connectivity index (χ3v) is 4.33. The van der Waals surface area contributed by atoms with Crippen LogP contribution in [-0.4, -0.2) is 15.0 Å². The summed E-state index contributed by atoms with van der Waals surface area (Å²) in [5, 5.41) is 0. The quantitative estimate of drug-likeness (QED) is 0.578. The molecule has 16 heavy (non-hydrogen) atoms. The minimum absolute atomic E-state index is 0. The standard InChI is InChI=1S/C10H12N2O2S.K.H/c1-7-5-8-3-2-4-9-10(8)12(6-7)15(13,14)11-9;;/h2-4,7,11H,5-6H2,1H3;;/q;+1;-1. The maximum Gasteiger partial charge on any atom is 1.00 e. The molecule has 0 saturated heterocycles. The molecule has 2 aliphatic heterocycles. The summed E-state index contributed by atoms with van der Waals surface area (Å²) in [4.78, 5) is 0. The van der Waals surface area contributed by atoms with Gasteiger partial charge in [-0.3, -0.25) is 9.03 Å². The molecule has 0 bridgehead atoms. The van der Waals surface area contributed by atoms with Gasteiger partial charge in [0.2, 0.25) is 0 Å². The number of nitrogens with zero attached hydrogens (tertiary/aromatic N) is 1. The average Bonchev–Trinajstić information content (AvgIpc) is 2.39. The fourth-order valence-corrected chi connectivity index (χ4v) is 3.82. The molecule has 2 heterocycles. The second kappa shape index (κ2) is 4.26. The van der Waals surface area contributed by atoms with Gasteiger partial charge in [-0.1, -0.05) is 19.1 Å². The van der Waals surface area contributed by atoms with E-state index in [1.54, 1.807) is 0 Å². The van der Waals surface area contributed by atoms with Crippen LogP contribution in [0.5, 0.6) is 0 Å². The molecule has 1 aromatic rings. The Morgan fingerprint density at radius 1 is 1.50 bits per heavy atom. The van der Waals surface area contributed by atoms with Gasteiger partial charge in [0.25, 0.3) is 0 Å². The van der Waals surface area contributed by atoms with Crippen molar-refractivity contribution in [2.45, 2.75) is 13.3 Å². The number of para-hydroxylation sites is 1. The molecule has 4 nitrogen and oxygen atoms in total. The van der Waals surface area contributed by atoms with Gasteiger partial charge in [0, 0.05) is 6.54 Å². The third-order valence-electron chi connectivity index (χ3n) is 2.94. The van der Waals surface area contributed by atoms with Crippen molar-refractivity contribution >= 4 is 21.6 Å². The molecule has 1 aromatic carbocycles. The molecule has 0 spiro atoms. The van der Waals surface area contributed by atoms with Crippen LogP contribution in [0.1, 0.15) is 13.9 Å². The Kier molecular flexibility index (Phi) is 3.42. The molecule has 0 amide bonds. The van der Waals surface area contributed by atoms with Crippen molar-refractivity contribution in [1.29, 1.82) is 0 Å². The van der Waals surface area contributed by atoms with Gasteiger partial charge < -0.3 is 1.43 Å². The van der Waals surface area contributed by atoms with Crippen LogP contribution in [-0.2, 0) is 16.6 Å². The van der Waals surface area contributed by atoms with Crippen LogP contribution >= 0.6 is 0 Å². The molecular formula is C10H13KN2O2S. The molecule has 2 aliphatic rings. The summed E-state index contributed by atoms with van der Waals surface area (Å²) in [6, 6.07) is 5.72. The topological polar surface area (TPSA) is 49.4 Å². The van der Waals surface area contributed by atoms with E-state index in [0.717, 1.165) is 23.4 Å². The van der Waals surface area contributed by atoms with Gasteiger partial charge in [0.05, 0.1) is 11.4 Å². The number of anilines is 2. The Balaban J connectivity index is 0.000000722. The van der Waals surface area contributed by atoms with E-state index >= 15 is 0 Å². The minimum atomic E-state index is -3.32. The second-order valence-electron chi connectivity index (χ2n) is 4.26. The van der Waals surface area contributed by atoms with Crippen molar-refractivity contribution in [2.75, 3.05) is 15.6 Å². The summed E-state index contributed by atoms with van der Waals surface area (Å²) in [5.74, 6) is 0.377. The summed E-state index contributed by atoms with van der Waals surface area (Å²) in [5.41, 5.74) is 2.70. The summed E-state index contributed by atoms with van der Waals surface area (Å²) in [6.07, 6.45) is 0.955. The molecule has 82 valence electrons. The number of benzene rings is 1. The van der Waals surface area contributed by atoms with Gasteiger partial charge in [0.15, 0.2) is 0 Å². The van der Waals surface area contributed by atoms with Gasteiger partial charge in [-0.2, -0.15) is 8.42 Å². The zero-order valence-electron chi connectivity index (χ0n) is 10.4. The number of hydrogen-bond donors (Lipinski definition) is 1. The molecular weight excluding hydrogens is 251 g/mol. The van der Waals surface area contributed by atoms with Crippen LogP contribution in [0.25, 0.3) is 0 Å². The summed E-state index contributed by atoms with van der Waals surface area (Å²) in [7, 11) is -3.32. The average molecular weight is 264 g/mol. The third kappa shape index (κ3) is 1.85. The number of rotatable bonds is 0. The zero-order valence-corrected chi connectivity index (χ0v) is 13.3. The van der Waals surface area contributed by atoms with E-state index in [0.29, 0.717) is 12.5 Å². The van der Waals surface area contributed by atoms with Gasteiger partial charge >= 0.3 is 61.6 Å². The van der Waals surface area contributed by atoms with Crippen molar-refractivity contribution in [1.82, 2.24) is 0 Å². The number of hydrogen-bond acceptors (Lipinski definition) is 2. The van der Waals surface area contributed by atoms with Crippen LogP contribution in [0.15, 0.2) is 18.2 Å². The van der Waals surface area contributed by atoms with Crippen LogP contribution < -0.4 is 60.4 Å². The van der Waals surface area contributed by atoms with Gasteiger partial charge in [-0.15, -0.1) is 0 Å². The van der Waals surface area contributed by atoms with Crippen molar-refractivity contribution in [3.63, 3.8) is 0 Å². The van der Waals surface area contributed by atoms with Crippen molar-refractivity contribution in [2.24, 2.45) is 5.92 Å². The summed E-state index contributed by atoms with van der Waals surface area (Å²) < 4.78 is 27.7. The first-order valence-corrected chi connectivity index (χ1v) is 6.44. The maximum atomic E-state index is 11.8. The van der Waals surface area contributed by atoms with E-state index in [2.05, 4.69) is 11.6 Å². The monoisotopic (exact) mass is 264 g/mol. The molecule has 0 saturated carbocycles. The van der Waals surface area contributed by atoms with Crippen LogP contribution in [0.4, 0.5) is 11.4 Å². The second-order valence-corrected chi connectivity index (χ2v) is 5.86. The Labute approximate surface area is 139 Å². The SMILES string of the molecule is CC1Cc2cccc3c2N(C1)S(=O)(=O)N3.[H-].[K+]. The zero-order chi connectivity index (χ0) is 10.6. The van der Waals surface area contributed by atoms with E-state index in [-0.39, 0.29) is 52.8 Å². The molecule has 6 heteroatoms. The van der Waals surface area contributed by atoms with Crippen molar-refractivity contribution in [3.05, 3.63) is 23.8 Å². The van der Waals surface area contributed by atoms with Crippen LogP contribution in [0.3, 0.4) is 0 Å². The predicted octanol–water partition coefficient (Wildman–Crippen LogP) is -1.53. The van der Waals surface area contributed by atoms with Crippen molar-refractivity contribution < 1.29 is 61.2 Å². The Morgan fingerprint density at radius 3 is 3.00 bits per heavy atom. The maximum absolute atomic E-state index is 11.8. The molecule has 1 N–H and O–H groups in total. The molecule has 1 atom stereocenters.